The zero-order valence-corrected chi connectivity index (χ0v) is 14.7. The topological polar surface area (TPSA) is 12.5 Å². The highest BCUT2D eigenvalue weighted by atomic mass is 127. The third-order valence-corrected chi connectivity index (χ3v) is 5.61. The number of rotatable bonds is 2. The first kappa shape index (κ1) is 13.8. The molecule has 1 spiro atoms. The molecule has 100 valence electrons. The van der Waals surface area contributed by atoms with Crippen LogP contribution in [0.1, 0.15) is 38.5 Å². The summed E-state index contributed by atoms with van der Waals surface area (Å²) >= 11 is 4.68. The standard InChI is InChI=1S/C14H19I2NO/c15-8-5-11-3-4-13-10-14(11)7-1-2-12(6-9-16)17(14)18-13/h5-6,8-9,11-13H,1-4,7,10H2/b8-5-,9-6-/t11-,12-,13-,14-/m1/s1. The summed E-state index contributed by atoms with van der Waals surface area (Å²) in [6.45, 7) is 0. The van der Waals surface area contributed by atoms with Crippen LogP contribution in [0.25, 0.3) is 0 Å². The summed E-state index contributed by atoms with van der Waals surface area (Å²) in [5.41, 5.74) is 0.295. The summed E-state index contributed by atoms with van der Waals surface area (Å²) in [6, 6.07) is 0.490. The summed E-state index contributed by atoms with van der Waals surface area (Å²) in [7, 11) is 0. The second-order valence-corrected chi connectivity index (χ2v) is 7.08. The molecule has 0 aromatic heterocycles. The highest BCUT2D eigenvalue weighted by molar-refractivity contribution is 14.1. The third-order valence-electron chi connectivity index (χ3n) is 4.78. The van der Waals surface area contributed by atoms with E-state index < -0.39 is 0 Å². The van der Waals surface area contributed by atoms with Crippen molar-refractivity contribution in [3.63, 3.8) is 0 Å². The van der Waals surface area contributed by atoms with Crippen LogP contribution < -0.4 is 0 Å². The van der Waals surface area contributed by atoms with Gasteiger partial charge in [-0.2, -0.15) is 5.06 Å². The molecule has 2 heterocycles. The van der Waals surface area contributed by atoms with Crippen LogP contribution in [0.2, 0.25) is 0 Å². The Morgan fingerprint density at radius 3 is 2.72 bits per heavy atom. The second kappa shape index (κ2) is 5.69. The van der Waals surface area contributed by atoms with E-state index in [1.54, 1.807) is 0 Å². The van der Waals surface area contributed by atoms with Gasteiger partial charge in [-0.25, -0.2) is 0 Å². The second-order valence-electron chi connectivity index (χ2n) is 5.64. The van der Waals surface area contributed by atoms with Gasteiger partial charge in [-0.05, 0) is 52.6 Å². The van der Waals surface area contributed by atoms with Crippen LogP contribution in [-0.2, 0) is 4.84 Å². The van der Waals surface area contributed by atoms with Crippen molar-refractivity contribution in [3.8, 4) is 0 Å². The van der Waals surface area contributed by atoms with E-state index in [1.165, 1.54) is 38.5 Å². The molecule has 0 N–H and O–H groups in total. The summed E-state index contributed by atoms with van der Waals surface area (Å²) < 4.78 is 4.35. The maximum absolute atomic E-state index is 6.26. The molecule has 18 heavy (non-hydrogen) atoms. The van der Waals surface area contributed by atoms with Crippen molar-refractivity contribution in [2.45, 2.75) is 56.2 Å². The van der Waals surface area contributed by atoms with Crippen molar-refractivity contribution in [1.82, 2.24) is 5.06 Å². The highest BCUT2D eigenvalue weighted by Gasteiger charge is 2.56. The first-order chi connectivity index (χ1) is 8.80. The number of halogens is 2. The minimum absolute atomic E-state index is 0.295. The average molecular weight is 471 g/mol. The molecule has 2 aliphatic heterocycles. The van der Waals surface area contributed by atoms with Crippen molar-refractivity contribution in [1.29, 1.82) is 0 Å². The maximum Gasteiger partial charge on any atom is 0.0812 e. The number of hydrogen-bond donors (Lipinski definition) is 0. The Bertz CT molecular complexity index is 371. The van der Waals surface area contributed by atoms with Crippen LogP contribution in [0.5, 0.6) is 0 Å². The quantitative estimate of drug-likeness (QED) is 0.547. The van der Waals surface area contributed by atoms with E-state index in [2.05, 4.69) is 70.6 Å². The SMILES string of the molecule is I/C=C\[C@H]1CCC[C@@]23C[C@@H](CC[C@@H]2/C=C\I)ON13. The molecular formula is C14H19I2NO. The van der Waals surface area contributed by atoms with Crippen molar-refractivity contribution in [3.05, 3.63) is 20.3 Å². The van der Waals surface area contributed by atoms with Crippen molar-refractivity contribution in [2.24, 2.45) is 5.92 Å². The molecule has 3 rings (SSSR count). The lowest BCUT2D eigenvalue weighted by atomic mass is 9.68. The van der Waals surface area contributed by atoms with Crippen LogP contribution in [0.3, 0.4) is 0 Å². The van der Waals surface area contributed by atoms with Crippen LogP contribution in [0, 0.1) is 5.92 Å². The van der Waals surface area contributed by atoms with Gasteiger partial charge in [0.2, 0.25) is 0 Å². The molecule has 1 saturated carbocycles. The van der Waals surface area contributed by atoms with Gasteiger partial charge in [0.15, 0.2) is 0 Å². The summed E-state index contributed by atoms with van der Waals surface area (Å²) in [4.78, 5) is 6.26. The van der Waals surface area contributed by atoms with E-state index in [0.717, 1.165) is 0 Å². The largest absolute Gasteiger partial charge is 0.294 e. The van der Waals surface area contributed by atoms with E-state index in [1.807, 2.05) is 0 Å². The van der Waals surface area contributed by atoms with Gasteiger partial charge in [-0.3, -0.25) is 4.84 Å². The van der Waals surface area contributed by atoms with Gasteiger partial charge in [0.25, 0.3) is 0 Å². The molecule has 0 radical (unpaired) electrons. The molecule has 3 aliphatic rings. The number of piperidine rings is 1. The average Bonchev–Trinajstić information content (AvgIpc) is 2.68. The molecule has 2 saturated heterocycles. The maximum atomic E-state index is 6.26. The number of fused-ring (bicyclic) bond motifs is 1. The predicted octanol–water partition coefficient (Wildman–Crippen LogP) is 4.59. The Kier molecular flexibility index (Phi) is 4.37. The Balaban J connectivity index is 1.93. The molecule has 0 unspecified atom stereocenters. The monoisotopic (exact) mass is 471 g/mol. The van der Waals surface area contributed by atoms with Crippen LogP contribution in [0.15, 0.2) is 20.3 Å². The molecule has 0 aromatic carbocycles. The normalized spacial score (nSPS) is 44.9. The van der Waals surface area contributed by atoms with E-state index in [4.69, 9.17) is 4.84 Å². The first-order valence-electron chi connectivity index (χ1n) is 6.80. The lowest BCUT2D eigenvalue weighted by Crippen LogP contribution is -2.55. The van der Waals surface area contributed by atoms with Gasteiger partial charge in [0.05, 0.1) is 17.7 Å². The van der Waals surface area contributed by atoms with E-state index >= 15 is 0 Å². The summed E-state index contributed by atoms with van der Waals surface area (Å²) in [6.07, 6.45) is 12.9. The molecule has 1 aliphatic carbocycles. The van der Waals surface area contributed by atoms with E-state index in [0.29, 0.717) is 23.6 Å². The molecule has 2 bridgehead atoms. The van der Waals surface area contributed by atoms with E-state index in [9.17, 15) is 0 Å². The summed E-state index contributed by atoms with van der Waals surface area (Å²) in [5, 5.41) is 2.38. The van der Waals surface area contributed by atoms with Crippen LogP contribution >= 0.6 is 45.2 Å². The number of nitrogens with zero attached hydrogens (tertiary/aromatic N) is 1. The molecule has 2 nitrogen and oxygen atoms in total. The fraction of sp³-hybridized carbons (Fsp3) is 0.714. The van der Waals surface area contributed by atoms with Gasteiger partial charge in [0.1, 0.15) is 0 Å². The third kappa shape index (κ3) is 2.20. The predicted molar refractivity (Wildman–Crippen MR) is 90.7 cm³/mol. The molecule has 3 fully saturated rings. The molecular weight excluding hydrogens is 452 g/mol. The fourth-order valence-corrected chi connectivity index (χ4v) is 5.03. The lowest BCUT2D eigenvalue weighted by Gasteiger charge is -2.48. The van der Waals surface area contributed by atoms with Crippen molar-refractivity contribution in [2.75, 3.05) is 0 Å². The van der Waals surface area contributed by atoms with Gasteiger partial charge in [-0.1, -0.05) is 57.3 Å². The Labute approximate surface area is 136 Å². The van der Waals surface area contributed by atoms with Crippen molar-refractivity contribution >= 4 is 45.2 Å². The zero-order chi connectivity index (χ0) is 12.6. The highest BCUT2D eigenvalue weighted by Crippen LogP contribution is 2.53. The molecule has 0 amide bonds. The Hall–Kier alpha value is 0.860. The summed E-state index contributed by atoms with van der Waals surface area (Å²) in [5.74, 6) is 0.679. The Morgan fingerprint density at radius 2 is 1.94 bits per heavy atom. The Morgan fingerprint density at radius 1 is 1.11 bits per heavy atom. The van der Waals surface area contributed by atoms with Gasteiger partial charge < -0.3 is 0 Å². The smallest absolute Gasteiger partial charge is 0.0812 e. The van der Waals surface area contributed by atoms with E-state index in [-0.39, 0.29) is 0 Å². The van der Waals surface area contributed by atoms with Gasteiger partial charge in [0, 0.05) is 0 Å². The number of hydrogen-bond acceptors (Lipinski definition) is 2. The zero-order valence-electron chi connectivity index (χ0n) is 10.4. The van der Waals surface area contributed by atoms with Crippen LogP contribution in [-0.4, -0.2) is 22.7 Å². The molecule has 4 atom stereocenters. The van der Waals surface area contributed by atoms with Gasteiger partial charge in [-0.15, -0.1) is 0 Å². The minimum atomic E-state index is 0.295. The fourth-order valence-electron chi connectivity index (χ4n) is 4.05. The van der Waals surface area contributed by atoms with Crippen LogP contribution in [0.4, 0.5) is 0 Å². The lowest BCUT2D eigenvalue weighted by molar-refractivity contribution is -0.216. The minimum Gasteiger partial charge on any atom is -0.294 e. The molecule has 4 heteroatoms. The van der Waals surface area contributed by atoms with Gasteiger partial charge >= 0.3 is 0 Å². The van der Waals surface area contributed by atoms with Crippen molar-refractivity contribution < 1.29 is 4.84 Å². The number of hydroxylamine groups is 2. The molecule has 0 aromatic rings. The first-order valence-corrected chi connectivity index (χ1v) is 9.29.